The number of likely N-dealkylation sites (N-methyl/N-ethyl adjacent to an activating group) is 1. The average molecular weight is 299 g/mol. The number of rotatable bonds is 2. The summed E-state index contributed by atoms with van der Waals surface area (Å²) in [6.45, 7) is 0.667. The molecule has 0 radical (unpaired) electrons. The predicted molar refractivity (Wildman–Crippen MR) is 70.9 cm³/mol. The second-order valence-corrected chi connectivity index (χ2v) is 5.02. The maximum absolute atomic E-state index is 12.1. The van der Waals surface area contributed by atoms with Crippen molar-refractivity contribution < 1.29 is 9.53 Å². The topological polar surface area (TPSA) is 55.6 Å². The van der Waals surface area contributed by atoms with E-state index in [9.17, 15) is 4.79 Å². The number of benzene rings is 1. The smallest absolute Gasteiger partial charge is 0.255 e. The largest absolute Gasteiger partial charge is 0.397 e. The van der Waals surface area contributed by atoms with Crippen LogP contribution >= 0.6 is 15.9 Å². The van der Waals surface area contributed by atoms with E-state index < -0.39 is 0 Å². The van der Waals surface area contributed by atoms with Crippen molar-refractivity contribution >= 4 is 33.2 Å². The summed E-state index contributed by atoms with van der Waals surface area (Å²) < 4.78 is 6.28. The quantitative estimate of drug-likeness (QED) is 0.852. The number of hydrogen-bond acceptors (Lipinski definition) is 3. The van der Waals surface area contributed by atoms with Crippen LogP contribution in [0.3, 0.4) is 0 Å². The number of halogens is 1. The van der Waals surface area contributed by atoms with Crippen molar-refractivity contribution in [3.63, 3.8) is 0 Å². The number of amides is 1. The van der Waals surface area contributed by atoms with Crippen LogP contribution in [0.1, 0.15) is 12.8 Å². The third kappa shape index (κ3) is 2.61. The standard InChI is InChI=1S/C12H15BrN2O2/c1-15(12(16)11-3-2-6-17-11)10-5-4-8(13)7-9(10)14/h4-5,7,11H,2-3,6,14H2,1H3. The van der Waals surface area contributed by atoms with Crippen LogP contribution in [0.15, 0.2) is 22.7 Å². The molecule has 1 aromatic rings. The van der Waals surface area contributed by atoms with Crippen molar-refractivity contribution in [2.24, 2.45) is 0 Å². The summed E-state index contributed by atoms with van der Waals surface area (Å²) in [5.74, 6) is -0.0310. The maximum Gasteiger partial charge on any atom is 0.255 e. The maximum atomic E-state index is 12.1. The average Bonchev–Trinajstić information content (AvgIpc) is 2.80. The summed E-state index contributed by atoms with van der Waals surface area (Å²) in [7, 11) is 1.73. The number of ether oxygens (including phenoxy) is 1. The van der Waals surface area contributed by atoms with E-state index in [1.807, 2.05) is 12.1 Å². The highest BCUT2D eigenvalue weighted by Crippen LogP contribution is 2.27. The lowest BCUT2D eigenvalue weighted by Crippen LogP contribution is -2.36. The Morgan fingerprint density at radius 2 is 2.35 bits per heavy atom. The third-order valence-corrected chi connectivity index (χ3v) is 3.38. The molecule has 0 aliphatic carbocycles. The number of nitrogens with zero attached hydrogens (tertiary/aromatic N) is 1. The van der Waals surface area contributed by atoms with Crippen LogP contribution in [0.25, 0.3) is 0 Å². The van der Waals surface area contributed by atoms with Crippen molar-refractivity contribution in [2.45, 2.75) is 18.9 Å². The van der Waals surface area contributed by atoms with Crippen LogP contribution in [0.4, 0.5) is 11.4 Å². The minimum Gasteiger partial charge on any atom is -0.397 e. The Morgan fingerprint density at radius 3 is 2.94 bits per heavy atom. The van der Waals surface area contributed by atoms with E-state index in [-0.39, 0.29) is 12.0 Å². The summed E-state index contributed by atoms with van der Waals surface area (Å²) in [4.78, 5) is 13.7. The van der Waals surface area contributed by atoms with Gasteiger partial charge >= 0.3 is 0 Å². The van der Waals surface area contributed by atoms with E-state index in [1.54, 1.807) is 18.0 Å². The first kappa shape index (κ1) is 12.4. The van der Waals surface area contributed by atoms with Gasteiger partial charge in [0.05, 0.1) is 11.4 Å². The molecule has 2 N–H and O–H groups in total. The minimum absolute atomic E-state index is 0.0310. The van der Waals surface area contributed by atoms with Gasteiger partial charge < -0.3 is 15.4 Å². The third-order valence-electron chi connectivity index (χ3n) is 2.89. The molecule has 4 nitrogen and oxygen atoms in total. The molecule has 0 bridgehead atoms. The molecule has 1 heterocycles. The fourth-order valence-corrected chi connectivity index (χ4v) is 2.32. The fourth-order valence-electron chi connectivity index (χ4n) is 1.94. The molecule has 5 heteroatoms. The lowest BCUT2D eigenvalue weighted by Gasteiger charge is -2.22. The monoisotopic (exact) mass is 298 g/mol. The molecule has 1 atom stereocenters. The predicted octanol–water partition coefficient (Wildman–Crippen LogP) is 2.17. The molecule has 17 heavy (non-hydrogen) atoms. The van der Waals surface area contributed by atoms with Crippen LogP contribution in [-0.2, 0) is 9.53 Å². The van der Waals surface area contributed by atoms with E-state index in [0.29, 0.717) is 18.0 Å². The zero-order chi connectivity index (χ0) is 12.4. The van der Waals surface area contributed by atoms with Gasteiger partial charge in [-0.05, 0) is 31.0 Å². The van der Waals surface area contributed by atoms with Gasteiger partial charge in [0.1, 0.15) is 6.10 Å². The first-order valence-electron chi connectivity index (χ1n) is 5.54. The molecule has 0 aromatic heterocycles. The number of nitrogen functional groups attached to an aromatic ring is 1. The first-order chi connectivity index (χ1) is 8.09. The van der Waals surface area contributed by atoms with Gasteiger partial charge in [-0.1, -0.05) is 15.9 Å². The van der Waals surface area contributed by atoms with E-state index in [0.717, 1.165) is 17.3 Å². The highest BCUT2D eigenvalue weighted by Gasteiger charge is 2.27. The van der Waals surface area contributed by atoms with Gasteiger partial charge in [0.15, 0.2) is 0 Å². The van der Waals surface area contributed by atoms with Gasteiger partial charge in [0.25, 0.3) is 5.91 Å². The number of nitrogens with two attached hydrogens (primary N) is 1. The lowest BCUT2D eigenvalue weighted by atomic mass is 10.2. The second kappa shape index (κ2) is 5.06. The Kier molecular flexibility index (Phi) is 3.69. The number of carbonyl (C=O) groups is 1. The Hall–Kier alpha value is -1.07. The van der Waals surface area contributed by atoms with Crippen LogP contribution in [0, 0.1) is 0 Å². The SMILES string of the molecule is CN(C(=O)C1CCCO1)c1ccc(Br)cc1N. The van der Waals surface area contributed by atoms with Gasteiger partial charge in [-0.3, -0.25) is 4.79 Å². The summed E-state index contributed by atoms with van der Waals surface area (Å²) in [6, 6.07) is 5.48. The van der Waals surface area contributed by atoms with E-state index in [4.69, 9.17) is 10.5 Å². The van der Waals surface area contributed by atoms with Gasteiger partial charge in [-0.25, -0.2) is 0 Å². The second-order valence-electron chi connectivity index (χ2n) is 4.10. The van der Waals surface area contributed by atoms with Crippen molar-refractivity contribution in [2.75, 3.05) is 24.3 Å². The molecule has 1 amide bonds. The van der Waals surface area contributed by atoms with Crippen LogP contribution < -0.4 is 10.6 Å². The van der Waals surface area contributed by atoms with E-state index in [2.05, 4.69) is 15.9 Å². The normalized spacial score (nSPS) is 19.3. The van der Waals surface area contributed by atoms with Crippen molar-refractivity contribution in [3.05, 3.63) is 22.7 Å². The molecule has 1 aliphatic heterocycles. The summed E-state index contributed by atoms with van der Waals surface area (Å²) >= 11 is 3.34. The number of carbonyl (C=O) groups excluding carboxylic acids is 1. The van der Waals surface area contributed by atoms with E-state index >= 15 is 0 Å². The zero-order valence-corrected chi connectivity index (χ0v) is 11.2. The molecular weight excluding hydrogens is 284 g/mol. The molecule has 92 valence electrons. The lowest BCUT2D eigenvalue weighted by molar-refractivity contribution is -0.127. The molecule has 0 saturated carbocycles. The van der Waals surface area contributed by atoms with Crippen molar-refractivity contribution in [3.8, 4) is 0 Å². The summed E-state index contributed by atoms with van der Waals surface area (Å²) in [5.41, 5.74) is 7.19. The van der Waals surface area contributed by atoms with E-state index in [1.165, 1.54) is 0 Å². The van der Waals surface area contributed by atoms with Gasteiger partial charge in [-0.15, -0.1) is 0 Å². The number of hydrogen-bond donors (Lipinski definition) is 1. The Balaban J connectivity index is 2.18. The molecule has 1 aromatic carbocycles. The van der Waals surface area contributed by atoms with Crippen LogP contribution in [0.5, 0.6) is 0 Å². The highest BCUT2D eigenvalue weighted by atomic mass is 79.9. The minimum atomic E-state index is -0.317. The van der Waals surface area contributed by atoms with Gasteiger partial charge in [0.2, 0.25) is 0 Å². The fraction of sp³-hybridized carbons (Fsp3) is 0.417. The molecule has 1 fully saturated rings. The summed E-state index contributed by atoms with van der Waals surface area (Å²) in [5, 5.41) is 0. The van der Waals surface area contributed by atoms with Crippen LogP contribution in [0.2, 0.25) is 0 Å². The molecular formula is C12H15BrN2O2. The Morgan fingerprint density at radius 1 is 1.59 bits per heavy atom. The number of anilines is 2. The Bertz CT molecular complexity index is 431. The van der Waals surface area contributed by atoms with Gasteiger partial charge in [0, 0.05) is 18.1 Å². The molecule has 1 unspecified atom stereocenters. The molecule has 2 rings (SSSR count). The highest BCUT2D eigenvalue weighted by molar-refractivity contribution is 9.10. The molecule has 1 saturated heterocycles. The van der Waals surface area contributed by atoms with Crippen LogP contribution in [-0.4, -0.2) is 25.7 Å². The van der Waals surface area contributed by atoms with Gasteiger partial charge in [-0.2, -0.15) is 0 Å². The summed E-state index contributed by atoms with van der Waals surface area (Å²) in [6.07, 6.45) is 1.42. The zero-order valence-electron chi connectivity index (χ0n) is 9.65. The molecule has 1 aliphatic rings. The first-order valence-corrected chi connectivity index (χ1v) is 6.33. The van der Waals surface area contributed by atoms with Crippen molar-refractivity contribution in [1.82, 2.24) is 0 Å². The molecule has 0 spiro atoms. The van der Waals surface area contributed by atoms with Crippen molar-refractivity contribution in [1.29, 1.82) is 0 Å². The Labute approximate surface area is 109 Å².